The van der Waals surface area contributed by atoms with E-state index in [1.165, 1.54) is 4.88 Å². The maximum Gasteiger partial charge on any atom is 0.335 e. The average molecular weight is 388 g/mol. The van der Waals surface area contributed by atoms with Crippen LogP contribution in [-0.4, -0.2) is 11.1 Å². The Morgan fingerprint density at radius 2 is 2.05 bits per heavy atom. The van der Waals surface area contributed by atoms with Crippen molar-refractivity contribution in [2.45, 2.75) is 20.0 Å². The molecule has 0 bridgehead atoms. The first-order valence-corrected chi connectivity index (χ1v) is 7.73. The second kappa shape index (κ2) is 6.38. The Labute approximate surface area is 129 Å². The lowest BCUT2D eigenvalue weighted by Gasteiger charge is -2.08. The van der Waals surface area contributed by atoms with Gasteiger partial charge < -0.3 is 9.84 Å². The Hall–Kier alpha value is -1.08. The zero-order valence-corrected chi connectivity index (χ0v) is 13.3. The number of halogens is 1. The highest BCUT2D eigenvalue weighted by Crippen LogP contribution is 2.25. The molecule has 3 nitrogen and oxygen atoms in total. The molecule has 0 unspecified atom stereocenters. The molecule has 0 saturated carbocycles. The highest BCUT2D eigenvalue weighted by Gasteiger charge is 2.08. The molecule has 1 N–H and O–H groups in total. The molecule has 100 valence electrons. The second-order valence-electron chi connectivity index (χ2n) is 3.96. The molecule has 0 fully saturated rings. The van der Waals surface area contributed by atoms with Crippen molar-refractivity contribution in [3.63, 3.8) is 0 Å². The van der Waals surface area contributed by atoms with Crippen LogP contribution >= 0.6 is 33.9 Å². The first kappa shape index (κ1) is 14.3. The van der Waals surface area contributed by atoms with Crippen LogP contribution in [0.25, 0.3) is 0 Å². The summed E-state index contributed by atoms with van der Waals surface area (Å²) in [6, 6.07) is 9.06. The van der Waals surface area contributed by atoms with Gasteiger partial charge in [0.25, 0.3) is 0 Å². The number of hydrogen-bond donors (Lipinski definition) is 1. The Bertz CT molecular complexity index is 592. The molecule has 2 rings (SSSR count). The zero-order valence-electron chi connectivity index (χ0n) is 10.4. The standard InChI is InChI=1S/C14H13IO3S/c1-2-10-4-5-11(19-10)8-18-13-7-9(14(16)17)3-6-12(13)15/h3-7H,2,8H2,1H3,(H,16,17). The maximum atomic E-state index is 10.9. The van der Waals surface area contributed by atoms with Gasteiger partial charge in [-0.2, -0.15) is 0 Å². The van der Waals surface area contributed by atoms with Crippen molar-refractivity contribution >= 4 is 39.9 Å². The minimum absolute atomic E-state index is 0.246. The first-order chi connectivity index (χ1) is 9.10. The third-order valence-electron chi connectivity index (χ3n) is 2.61. The van der Waals surface area contributed by atoms with E-state index in [2.05, 4.69) is 41.6 Å². The summed E-state index contributed by atoms with van der Waals surface area (Å²) in [6.07, 6.45) is 1.02. The number of ether oxygens (including phenoxy) is 1. The van der Waals surface area contributed by atoms with Crippen LogP contribution in [0.3, 0.4) is 0 Å². The molecule has 5 heteroatoms. The maximum absolute atomic E-state index is 10.9. The van der Waals surface area contributed by atoms with Gasteiger partial charge in [-0.3, -0.25) is 0 Å². The summed E-state index contributed by atoms with van der Waals surface area (Å²) in [7, 11) is 0. The fraction of sp³-hybridized carbons (Fsp3) is 0.214. The number of aromatic carboxylic acids is 1. The van der Waals surface area contributed by atoms with Gasteiger partial charge in [-0.05, 0) is 59.3 Å². The summed E-state index contributed by atoms with van der Waals surface area (Å²) in [5.41, 5.74) is 0.246. The molecule has 0 aliphatic carbocycles. The monoisotopic (exact) mass is 388 g/mol. The summed E-state index contributed by atoms with van der Waals surface area (Å²) in [4.78, 5) is 13.4. The van der Waals surface area contributed by atoms with E-state index in [1.54, 1.807) is 29.5 Å². The Balaban J connectivity index is 2.10. The van der Waals surface area contributed by atoms with Gasteiger partial charge in [-0.25, -0.2) is 4.79 Å². The van der Waals surface area contributed by atoms with Crippen molar-refractivity contribution in [1.82, 2.24) is 0 Å². The molecule has 0 aliphatic rings. The predicted octanol–water partition coefficient (Wildman–Crippen LogP) is 4.19. The highest BCUT2D eigenvalue weighted by atomic mass is 127. The summed E-state index contributed by atoms with van der Waals surface area (Å²) >= 11 is 3.87. The molecule has 0 radical (unpaired) electrons. The van der Waals surface area contributed by atoms with E-state index in [9.17, 15) is 4.79 Å². The molecule has 19 heavy (non-hydrogen) atoms. The van der Waals surface area contributed by atoms with Gasteiger partial charge in [0.05, 0.1) is 9.13 Å². The van der Waals surface area contributed by atoms with E-state index in [0.29, 0.717) is 12.4 Å². The molecular weight excluding hydrogens is 375 g/mol. The van der Waals surface area contributed by atoms with Crippen molar-refractivity contribution in [2.24, 2.45) is 0 Å². The molecule has 0 amide bonds. The minimum atomic E-state index is -0.939. The topological polar surface area (TPSA) is 46.5 Å². The van der Waals surface area contributed by atoms with Crippen LogP contribution in [0.2, 0.25) is 0 Å². The molecule has 2 aromatic rings. The van der Waals surface area contributed by atoms with E-state index in [4.69, 9.17) is 9.84 Å². The zero-order chi connectivity index (χ0) is 13.8. The average Bonchev–Trinajstić information content (AvgIpc) is 2.85. The lowest BCUT2D eigenvalue weighted by molar-refractivity contribution is 0.0696. The number of rotatable bonds is 5. The van der Waals surface area contributed by atoms with Crippen LogP contribution in [0.15, 0.2) is 30.3 Å². The van der Waals surface area contributed by atoms with Crippen LogP contribution in [-0.2, 0) is 13.0 Å². The lowest BCUT2D eigenvalue weighted by atomic mass is 10.2. The second-order valence-corrected chi connectivity index (χ2v) is 6.38. The van der Waals surface area contributed by atoms with Crippen molar-refractivity contribution < 1.29 is 14.6 Å². The van der Waals surface area contributed by atoms with Crippen molar-refractivity contribution in [3.05, 3.63) is 49.2 Å². The van der Waals surface area contributed by atoms with Gasteiger partial charge in [-0.1, -0.05) is 6.92 Å². The van der Waals surface area contributed by atoms with Gasteiger partial charge in [0.1, 0.15) is 12.4 Å². The summed E-state index contributed by atoms with van der Waals surface area (Å²) in [6.45, 7) is 2.60. The van der Waals surface area contributed by atoms with Gasteiger partial charge in [-0.15, -0.1) is 11.3 Å². The van der Waals surface area contributed by atoms with Gasteiger partial charge >= 0.3 is 5.97 Å². The Morgan fingerprint density at radius 1 is 1.32 bits per heavy atom. The number of hydrogen-bond acceptors (Lipinski definition) is 3. The number of thiophene rings is 1. The number of benzene rings is 1. The molecule has 0 aliphatic heterocycles. The smallest absolute Gasteiger partial charge is 0.335 e. The van der Waals surface area contributed by atoms with Gasteiger partial charge in [0, 0.05) is 9.75 Å². The summed E-state index contributed by atoms with van der Waals surface area (Å²) < 4.78 is 6.62. The number of carboxylic acids is 1. The molecule has 1 aromatic heterocycles. The Kier molecular flexibility index (Phi) is 4.81. The highest BCUT2D eigenvalue weighted by molar-refractivity contribution is 14.1. The third-order valence-corrected chi connectivity index (χ3v) is 4.71. The van der Waals surface area contributed by atoms with Crippen LogP contribution < -0.4 is 4.74 Å². The number of carbonyl (C=O) groups is 1. The molecular formula is C14H13IO3S. The van der Waals surface area contributed by atoms with E-state index >= 15 is 0 Å². The van der Waals surface area contributed by atoms with Crippen LogP contribution in [0.1, 0.15) is 27.0 Å². The van der Waals surface area contributed by atoms with Crippen molar-refractivity contribution in [1.29, 1.82) is 0 Å². The molecule has 0 saturated heterocycles. The third kappa shape index (κ3) is 3.70. The predicted molar refractivity (Wildman–Crippen MR) is 84.1 cm³/mol. The SMILES string of the molecule is CCc1ccc(COc2cc(C(=O)O)ccc2I)s1. The van der Waals surface area contributed by atoms with E-state index in [0.717, 1.165) is 14.9 Å². The molecule has 0 spiro atoms. The number of carboxylic acid groups (broad SMARTS) is 1. The number of aryl methyl sites for hydroxylation is 1. The normalized spacial score (nSPS) is 10.4. The fourth-order valence-corrected chi connectivity index (χ4v) is 2.95. The first-order valence-electron chi connectivity index (χ1n) is 5.83. The van der Waals surface area contributed by atoms with Crippen LogP contribution in [0, 0.1) is 3.57 Å². The van der Waals surface area contributed by atoms with Gasteiger partial charge in [0.2, 0.25) is 0 Å². The quantitative estimate of drug-likeness (QED) is 0.782. The molecule has 0 atom stereocenters. The molecule has 1 aromatic carbocycles. The van der Waals surface area contributed by atoms with Gasteiger partial charge in [0.15, 0.2) is 0 Å². The van der Waals surface area contributed by atoms with E-state index in [-0.39, 0.29) is 5.56 Å². The Morgan fingerprint density at radius 3 is 2.68 bits per heavy atom. The summed E-state index contributed by atoms with van der Waals surface area (Å²) in [5, 5.41) is 8.96. The fourth-order valence-electron chi connectivity index (χ4n) is 1.59. The van der Waals surface area contributed by atoms with E-state index < -0.39 is 5.97 Å². The minimum Gasteiger partial charge on any atom is -0.487 e. The summed E-state index contributed by atoms with van der Waals surface area (Å²) in [5.74, 6) is -0.322. The van der Waals surface area contributed by atoms with Crippen LogP contribution in [0.5, 0.6) is 5.75 Å². The van der Waals surface area contributed by atoms with Crippen molar-refractivity contribution in [2.75, 3.05) is 0 Å². The van der Waals surface area contributed by atoms with E-state index in [1.807, 2.05) is 0 Å². The largest absolute Gasteiger partial charge is 0.487 e. The molecule has 1 heterocycles. The van der Waals surface area contributed by atoms with Crippen LogP contribution in [0.4, 0.5) is 0 Å². The lowest BCUT2D eigenvalue weighted by Crippen LogP contribution is -2.00. The van der Waals surface area contributed by atoms with Crippen molar-refractivity contribution in [3.8, 4) is 5.75 Å².